The van der Waals surface area contributed by atoms with Crippen LogP contribution in [0.3, 0.4) is 0 Å². The van der Waals surface area contributed by atoms with Gasteiger partial charge in [0.2, 0.25) is 0 Å². The minimum absolute atomic E-state index is 0.0558. The highest BCUT2D eigenvalue weighted by molar-refractivity contribution is 5.91. The molecule has 1 heterocycles. The topological polar surface area (TPSA) is 73.6 Å². The van der Waals surface area contributed by atoms with Crippen LogP contribution in [0.5, 0.6) is 11.5 Å². The highest BCUT2D eigenvalue weighted by atomic mass is 16.5. The molecule has 1 aliphatic heterocycles. The van der Waals surface area contributed by atoms with Gasteiger partial charge in [0.05, 0.1) is 6.04 Å². The molecular weight excluding hydrogens is 268 g/mol. The lowest BCUT2D eigenvalue weighted by atomic mass is 10.1. The monoisotopic (exact) mass is 284 g/mol. The number of carbonyl (C=O) groups is 1. The van der Waals surface area contributed by atoms with E-state index >= 15 is 0 Å². The van der Waals surface area contributed by atoms with E-state index in [4.69, 9.17) is 15.2 Å². The van der Waals surface area contributed by atoms with E-state index in [1.807, 2.05) is 36.4 Å². The van der Waals surface area contributed by atoms with Crippen LogP contribution in [0.4, 0.5) is 5.69 Å². The van der Waals surface area contributed by atoms with Crippen LogP contribution >= 0.6 is 0 Å². The van der Waals surface area contributed by atoms with Crippen LogP contribution in [-0.4, -0.2) is 19.1 Å². The Labute approximate surface area is 122 Å². The average Bonchev–Trinajstić information content (AvgIpc) is 2.87. The van der Waals surface area contributed by atoms with Gasteiger partial charge in [-0.1, -0.05) is 18.2 Å². The Hall–Kier alpha value is -2.53. The van der Waals surface area contributed by atoms with E-state index in [0.29, 0.717) is 12.4 Å². The Kier molecular flexibility index (Phi) is 3.75. The number of rotatable bonds is 4. The molecular formula is C16H16N2O3. The average molecular weight is 284 g/mol. The molecule has 1 atom stereocenters. The summed E-state index contributed by atoms with van der Waals surface area (Å²) in [5.41, 5.74) is 7.59. The molecule has 2 aromatic carbocycles. The normalized spacial score (nSPS) is 16.0. The summed E-state index contributed by atoms with van der Waals surface area (Å²) in [5.74, 6) is 1.11. The fourth-order valence-corrected chi connectivity index (χ4v) is 2.17. The number of para-hydroxylation sites is 1. The number of carbonyl (C=O) groups excluding carboxylic acids is 1. The van der Waals surface area contributed by atoms with Gasteiger partial charge in [-0.15, -0.1) is 0 Å². The molecule has 5 nitrogen and oxygen atoms in total. The Balaban J connectivity index is 1.57. The summed E-state index contributed by atoms with van der Waals surface area (Å²) in [4.78, 5) is 11.8. The number of nitrogens with one attached hydrogen (secondary N) is 1. The van der Waals surface area contributed by atoms with E-state index in [1.165, 1.54) is 0 Å². The summed E-state index contributed by atoms with van der Waals surface area (Å²) in [7, 11) is 0. The van der Waals surface area contributed by atoms with Crippen LogP contribution in [0.25, 0.3) is 0 Å². The summed E-state index contributed by atoms with van der Waals surface area (Å²) in [6.07, 6.45) is 0. The molecule has 0 spiro atoms. The highest BCUT2D eigenvalue weighted by Gasteiger charge is 2.20. The second-order valence-electron chi connectivity index (χ2n) is 4.82. The van der Waals surface area contributed by atoms with Crippen molar-refractivity contribution in [2.24, 2.45) is 5.73 Å². The number of benzene rings is 2. The molecule has 0 saturated carbocycles. The van der Waals surface area contributed by atoms with E-state index in [9.17, 15) is 4.79 Å². The van der Waals surface area contributed by atoms with Crippen molar-refractivity contribution in [1.29, 1.82) is 0 Å². The van der Waals surface area contributed by atoms with Crippen molar-refractivity contribution in [3.8, 4) is 11.5 Å². The fraction of sp³-hybridized carbons (Fsp3) is 0.188. The summed E-state index contributed by atoms with van der Waals surface area (Å²) < 4.78 is 10.9. The maximum absolute atomic E-state index is 11.8. The molecule has 2 aromatic rings. The molecule has 0 bridgehead atoms. The van der Waals surface area contributed by atoms with E-state index in [-0.39, 0.29) is 18.6 Å². The lowest BCUT2D eigenvalue weighted by molar-refractivity contribution is -0.118. The Morgan fingerprint density at radius 3 is 2.90 bits per heavy atom. The Morgan fingerprint density at radius 1 is 1.29 bits per heavy atom. The van der Waals surface area contributed by atoms with Crippen LogP contribution < -0.4 is 20.5 Å². The molecule has 1 aliphatic rings. The fourth-order valence-electron chi connectivity index (χ4n) is 2.17. The maximum Gasteiger partial charge on any atom is 0.262 e. The van der Waals surface area contributed by atoms with Gasteiger partial charge in [-0.2, -0.15) is 0 Å². The Bertz CT molecular complexity index is 643. The zero-order chi connectivity index (χ0) is 14.7. The zero-order valence-corrected chi connectivity index (χ0v) is 11.4. The van der Waals surface area contributed by atoms with Crippen molar-refractivity contribution >= 4 is 11.6 Å². The number of fused-ring (bicyclic) bond motifs is 1. The van der Waals surface area contributed by atoms with E-state index < -0.39 is 0 Å². The number of amides is 1. The Morgan fingerprint density at radius 2 is 2.10 bits per heavy atom. The van der Waals surface area contributed by atoms with Crippen molar-refractivity contribution in [3.05, 3.63) is 54.1 Å². The largest absolute Gasteiger partial charge is 0.491 e. The summed E-state index contributed by atoms with van der Waals surface area (Å²) >= 11 is 0. The molecule has 21 heavy (non-hydrogen) atoms. The molecule has 0 saturated heterocycles. The molecule has 108 valence electrons. The first-order chi connectivity index (χ1) is 10.2. The quantitative estimate of drug-likeness (QED) is 0.901. The lowest BCUT2D eigenvalue weighted by Gasteiger charge is -2.08. The van der Waals surface area contributed by atoms with Gasteiger partial charge < -0.3 is 20.5 Å². The van der Waals surface area contributed by atoms with Crippen LogP contribution in [0, 0.1) is 0 Å². The second-order valence-corrected chi connectivity index (χ2v) is 4.82. The lowest BCUT2D eigenvalue weighted by Crippen LogP contribution is -2.20. The van der Waals surface area contributed by atoms with Gasteiger partial charge in [0.1, 0.15) is 18.1 Å². The number of ether oxygens (including phenoxy) is 2. The molecule has 0 aliphatic carbocycles. The number of hydrogen-bond donors (Lipinski definition) is 2. The zero-order valence-electron chi connectivity index (χ0n) is 11.4. The van der Waals surface area contributed by atoms with Crippen LogP contribution in [-0.2, 0) is 4.79 Å². The van der Waals surface area contributed by atoms with Gasteiger partial charge in [-0.3, -0.25) is 4.79 Å². The predicted molar refractivity (Wildman–Crippen MR) is 79.4 cm³/mol. The number of anilines is 1. The molecule has 0 fully saturated rings. The van der Waals surface area contributed by atoms with Crippen LogP contribution in [0.15, 0.2) is 48.5 Å². The van der Waals surface area contributed by atoms with Crippen LogP contribution in [0.1, 0.15) is 11.6 Å². The minimum atomic E-state index is -0.209. The molecule has 3 N–H and O–H groups in total. The highest BCUT2D eigenvalue weighted by Crippen LogP contribution is 2.33. The number of nitrogens with two attached hydrogens (primary N) is 1. The first-order valence-electron chi connectivity index (χ1n) is 6.72. The van der Waals surface area contributed by atoms with E-state index in [0.717, 1.165) is 17.0 Å². The molecule has 0 radical (unpaired) electrons. The first kappa shape index (κ1) is 13.5. The van der Waals surface area contributed by atoms with Gasteiger partial charge in [0, 0.05) is 17.3 Å². The van der Waals surface area contributed by atoms with Gasteiger partial charge in [-0.25, -0.2) is 0 Å². The van der Waals surface area contributed by atoms with Crippen molar-refractivity contribution < 1.29 is 14.3 Å². The van der Waals surface area contributed by atoms with Crippen molar-refractivity contribution in [3.63, 3.8) is 0 Å². The predicted octanol–water partition coefficient (Wildman–Crippen LogP) is 2.10. The van der Waals surface area contributed by atoms with Crippen LogP contribution in [0.2, 0.25) is 0 Å². The second kappa shape index (κ2) is 5.85. The maximum atomic E-state index is 11.8. The van der Waals surface area contributed by atoms with Crippen molar-refractivity contribution in [1.82, 2.24) is 0 Å². The van der Waals surface area contributed by atoms with Crippen molar-refractivity contribution in [2.75, 3.05) is 18.5 Å². The molecule has 5 heteroatoms. The van der Waals surface area contributed by atoms with E-state index in [2.05, 4.69) is 5.32 Å². The van der Waals surface area contributed by atoms with E-state index in [1.54, 1.807) is 12.1 Å². The third-order valence-electron chi connectivity index (χ3n) is 3.23. The van der Waals surface area contributed by atoms with Gasteiger partial charge in [-0.05, 0) is 24.3 Å². The van der Waals surface area contributed by atoms with Gasteiger partial charge in [0.25, 0.3) is 5.91 Å². The summed E-state index contributed by atoms with van der Waals surface area (Å²) in [5, 5.41) is 2.76. The summed E-state index contributed by atoms with van der Waals surface area (Å²) in [6, 6.07) is 14.6. The number of hydrogen-bond acceptors (Lipinski definition) is 4. The third kappa shape index (κ3) is 3.14. The molecule has 1 unspecified atom stereocenters. The van der Waals surface area contributed by atoms with Crippen molar-refractivity contribution in [2.45, 2.75) is 6.04 Å². The standard InChI is InChI=1S/C16H16N2O3/c17-14-9-21-15-8-12(6-7-13(14)15)20-10-16(19)18-11-4-2-1-3-5-11/h1-8,14H,9-10,17H2,(H,18,19). The first-order valence-corrected chi connectivity index (χ1v) is 6.72. The molecule has 1 amide bonds. The SMILES string of the molecule is NC1COc2cc(OCC(=O)Nc3ccccc3)ccc21. The van der Waals surface area contributed by atoms with Gasteiger partial charge in [0.15, 0.2) is 6.61 Å². The molecule has 3 rings (SSSR count). The third-order valence-corrected chi connectivity index (χ3v) is 3.23. The summed E-state index contributed by atoms with van der Waals surface area (Å²) in [6.45, 7) is 0.424. The molecule has 0 aromatic heterocycles. The minimum Gasteiger partial charge on any atom is -0.491 e. The smallest absolute Gasteiger partial charge is 0.262 e. The van der Waals surface area contributed by atoms with Gasteiger partial charge >= 0.3 is 0 Å².